The smallest absolute Gasteiger partial charge is 0.433 e. The van der Waals surface area contributed by atoms with Gasteiger partial charge in [0, 0.05) is 0 Å². The Labute approximate surface area is 194 Å². The van der Waals surface area contributed by atoms with Crippen molar-refractivity contribution < 1.29 is 19.4 Å². The van der Waals surface area contributed by atoms with Crippen molar-refractivity contribution in [1.82, 2.24) is 5.43 Å². The molecule has 6 nitrogen and oxygen atoms in total. The second-order valence-corrected chi connectivity index (χ2v) is 8.65. The van der Waals surface area contributed by atoms with Gasteiger partial charge in [-0.15, -0.1) is 0 Å². The second kappa shape index (κ2) is 16.5. The number of para-hydroxylation sites is 1. The third-order valence-corrected chi connectivity index (χ3v) is 5.90. The molecular formula is C26H44N2O4. The van der Waals surface area contributed by atoms with Crippen molar-refractivity contribution in [2.75, 3.05) is 12.1 Å². The summed E-state index contributed by atoms with van der Waals surface area (Å²) >= 11 is 0. The van der Waals surface area contributed by atoms with Crippen LogP contribution in [0.15, 0.2) is 30.3 Å². The van der Waals surface area contributed by atoms with Crippen molar-refractivity contribution in [2.24, 2.45) is 0 Å². The number of amides is 2. The molecule has 0 atom stereocenters. The van der Waals surface area contributed by atoms with Crippen molar-refractivity contribution in [3.63, 3.8) is 0 Å². The van der Waals surface area contributed by atoms with E-state index in [2.05, 4.69) is 19.3 Å². The number of aliphatic hydroxyl groups is 1. The monoisotopic (exact) mass is 448 g/mol. The molecule has 2 amide bonds. The zero-order valence-electron chi connectivity index (χ0n) is 20.4. The van der Waals surface area contributed by atoms with Crippen molar-refractivity contribution >= 4 is 17.7 Å². The lowest BCUT2D eigenvalue weighted by atomic mass is 9.89. The number of benzene rings is 1. The molecule has 2 N–H and O–H groups in total. The lowest BCUT2D eigenvalue weighted by Crippen LogP contribution is -2.55. The standard InChI is InChI=1S/C26H44N2O4/c1-4-6-8-10-12-17-21-26(31,22-18-13-11-9-7-5-2)24(29)27-28(25(30)32-3)23-19-15-14-16-20-23/h14-16,19-20,31H,4-13,17-18,21-22H2,1-3H3,(H,27,29). The van der Waals surface area contributed by atoms with Crippen LogP contribution in [0, 0.1) is 0 Å². The number of anilines is 1. The van der Waals surface area contributed by atoms with Crippen LogP contribution < -0.4 is 10.4 Å². The molecule has 0 bridgehead atoms. The third kappa shape index (κ3) is 10.5. The summed E-state index contributed by atoms with van der Waals surface area (Å²) in [6.45, 7) is 4.37. The zero-order chi connectivity index (χ0) is 23.7. The van der Waals surface area contributed by atoms with E-state index in [-0.39, 0.29) is 0 Å². The molecule has 0 aliphatic heterocycles. The van der Waals surface area contributed by atoms with Gasteiger partial charge < -0.3 is 9.84 Å². The Kier molecular flexibility index (Phi) is 14.4. The molecule has 0 heterocycles. The van der Waals surface area contributed by atoms with Gasteiger partial charge in [-0.2, -0.15) is 5.01 Å². The first-order chi connectivity index (χ1) is 15.5. The van der Waals surface area contributed by atoms with Crippen LogP contribution in [0.3, 0.4) is 0 Å². The fraction of sp³-hybridized carbons (Fsp3) is 0.692. The fourth-order valence-corrected chi connectivity index (χ4v) is 3.84. The number of methoxy groups -OCH3 is 1. The minimum absolute atomic E-state index is 0.393. The summed E-state index contributed by atoms with van der Waals surface area (Å²) in [4.78, 5) is 25.5. The highest BCUT2D eigenvalue weighted by Crippen LogP contribution is 2.25. The SMILES string of the molecule is CCCCCCCCC(O)(CCCCCCCC)C(=O)NN(C(=O)OC)c1ccccc1. The largest absolute Gasteiger partial charge is 0.451 e. The molecule has 0 fully saturated rings. The van der Waals surface area contributed by atoms with Gasteiger partial charge in [-0.1, -0.05) is 109 Å². The molecule has 1 rings (SSSR count). The Balaban J connectivity index is 2.79. The molecule has 0 spiro atoms. The molecule has 6 heteroatoms. The van der Waals surface area contributed by atoms with Gasteiger partial charge in [-0.3, -0.25) is 10.2 Å². The summed E-state index contributed by atoms with van der Waals surface area (Å²) in [7, 11) is 1.27. The van der Waals surface area contributed by atoms with E-state index < -0.39 is 17.6 Å². The molecule has 182 valence electrons. The van der Waals surface area contributed by atoms with E-state index in [9.17, 15) is 14.7 Å². The van der Waals surface area contributed by atoms with Crippen LogP contribution in [0.25, 0.3) is 0 Å². The van der Waals surface area contributed by atoms with Crippen LogP contribution >= 0.6 is 0 Å². The fourth-order valence-electron chi connectivity index (χ4n) is 3.84. The molecule has 1 aromatic rings. The molecule has 0 radical (unpaired) electrons. The molecule has 0 aromatic heterocycles. The predicted octanol–water partition coefficient (Wildman–Crippen LogP) is 6.52. The number of nitrogens with zero attached hydrogens (tertiary/aromatic N) is 1. The highest BCUT2D eigenvalue weighted by molar-refractivity contribution is 5.94. The Morgan fingerprint density at radius 2 is 1.31 bits per heavy atom. The van der Waals surface area contributed by atoms with Crippen LogP contribution in [0.2, 0.25) is 0 Å². The molecule has 32 heavy (non-hydrogen) atoms. The number of hydrazine groups is 1. The van der Waals surface area contributed by atoms with Gasteiger partial charge >= 0.3 is 6.09 Å². The second-order valence-electron chi connectivity index (χ2n) is 8.65. The maximum Gasteiger partial charge on any atom is 0.433 e. The highest BCUT2D eigenvalue weighted by Gasteiger charge is 2.37. The molecule has 0 unspecified atom stereocenters. The van der Waals surface area contributed by atoms with Crippen LogP contribution in [-0.2, 0) is 9.53 Å². The van der Waals surface area contributed by atoms with E-state index in [1.54, 1.807) is 24.3 Å². The van der Waals surface area contributed by atoms with E-state index in [1.807, 2.05) is 6.07 Å². The van der Waals surface area contributed by atoms with Gasteiger partial charge in [-0.25, -0.2) is 4.79 Å². The number of carbonyl (C=O) groups excluding carboxylic acids is 2. The lowest BCUT2D eigenvalue weighted by molar-refractivity contribution is -0.141. The summed E-state index contributed by atoms with van der Waals surface area (Å²) in [6.07, 6.45) is 13.0. The number of unbranched alkanes of at least 4 members (excludes halogenated alkanes) is 10. The Bertz CT molecular complexity index is 620. The topological polar surface area (TPSA) is 78.9 Å². The summed E-state index contributed by atoms with van der Waals surface area (Å²) in [5.74, 6) is -0.547. The van der Waals surface area contributed by atoms with Gasteiger partial charge in [0.15, 0.2) is 0 Å². The highest BCUT2D eigenvalue weighted by atomic mass is 16.5. The molecule has 0 aliphatic rings. The van der Waals surface area contributed by atoms with Gasteiger partial charge in [0.05, 0.1) is 12.8 Å². The quantitative estimate of drug-likeness (QED) is 0.223. The van der Waals surface area contributed by atoms with E-state index in [0.29, 0.717) is 18.5 Å². The maximum atomic E-state index is 13.2. The molecule has 0 aliphatic carbocycles. The Morgan fingerprint density at radius 3 is 1.78 bits per heavy atom. The van der Waals surface area contributed by atoms with Gasteiger partial charge in [0.1, 0.15) is 5.60 Å². The lowest BCUT2D eigenvalue weighted by Gasteiger charge is -2.30. The summed E-state index contributed by atoms with van der Waals surface area (Å²) in [6, 6.07) is 8.79. The maximum absolute atomic E-state index is 13.2. The summed E-state index contributed by atoms with van der Waals surface area (Å²) in [5.41, 5.74) is 1.59. The Hall–Kier alpha value is -2.08. The zero-order valence-corrected chi connectivity index (χ0v) is 20.4. The van der Waals surface area contributed by atoms with E-state index in [0.717, 1.165) is 43.5 Å². The molecular weight excluding hydrogens is 404 g/mol. The normalized spacial score (nSPS) is 11.2. The number of nitrogens with one attached hydrogen (secondary N) is 1. The average Bonchev–Trinajstić information content (AvgIpc) is 2.81. The van der Waals surface area contributed by atoms with Crippen LogP contribution in [-0.4, -0.2) is 29.8 Å². The number of hydrogen-bond acceptors (Lipinski definition) is 4. The minimum Gasteiger partial charge on any atom is -0.451 e. The third-order valence-electron chi connectivity index (χ3n) is 5.90. The van der Waals surface area contributed by atoms with E-state index >= 15 is 0 Å². The first-order valence-electron chi connectivity index (χ1n) is 12.4. The van der Waals surface area contributed by atoms with Crippen molar-refractivity contribution in [1.29, 1.82) is 0 Å². The van der Waals surface area contributed by atoms with Crippen molar-refractivity contribution in [3.05, 3.63) is 30.3 Å². The van der Waals surface area contributed by atoms with E-state index in [4.69, 9.17) is 4.74 Å². The van der Waals surface area contributed by atoms with Crippen LogP contribution in [0.5, 0.6) is 0 Å². The summed E-state index contributed by atoms with van der Waals surface area (Å²) < 4.78 is 4.84. The number of carbonyl (C=O) groups is 2. The first-order valence-corrected chi connectivity index (χ1v) is 12.4. The Morgan fingerprint density at radius 1 is 0.844 bits per heavy atom. The number of hydrogen-bond donors (Lipinski definition) is 2. The minimum atomic E-state index is -1.50. The predicted molar refractivity (Wildman–Crippen MR) is 130 cm³/mol. The first kappa shape index (κ1) is 28.0. The number of rotatable bonds is 16. The number of ether oxygens (including phenoxy) is 1. The van der Waals surface area contributed by atoms with Crippen LogP contribution in [0.4, 0.5) is 10.5 Å². The van der Waals surface area contributed by atoms with E-state index in [1.165, 1.54) is 45.6 Å². The summed E-state index contributed by atoms with van der Waals surface area (Å²) in [5, 5.41) is 12.4. The van der Waals surface area contributed by atoms with Gasteiger partial charge in [0.2, 0.25) is 0 Å². The molecule has 1 aromatic carbocycles. The average molecular weight is 449 g/mol. The van der Waals surface area contributed by atoms with Crippen molar-refractivity contribution in [3.8, 4) is 0 Å². The van der Waals surface area contributed by atoms with Crippen molar-refractivity contribution in [2.45, 2.75) is 109 Å². The molecule has 0 saturated carbocycles. The van der Waals surface area contributed by atoms with Gasteiger partial charge in [-0.05, 0) is 25.0 Å². The molecule has 0 saturated heterocycles. The van der Waals surface area contributed by atoms with Gasteiger partial charge in [0.25, 0.3) is 5.91 Å². The van der Waals surface area contributed by atoms with Crippen LogP contribution in [0.1, 0.15) is 104 Å².